The molecule has 0 amide bonds. The van der Waals surface area contributed by atoms with E-state index >= 15 is 0 Å². The maximum absolute atomic E-state index is 11.6. The van der Waals surface area contributed by atoms with Crippen molar-refractivity contribution in [2.24, 2.45) is 5.73 Å². The Balaban J connectivity index is 3.46. The number of ether oxygens (including phenoxy) is 1. The van der Waals surface area contributed by atoms with E-state index in [9.17, 15) is 13.2 Å². The summed E-state index contributed by atoms with van der Waals surface area (Å²) in [5, 5.41) is 0. The Bertz CT molecular complexity index is 192. The molecule has 0 aliphatic rings. The molecule has 0 saturated carbocycles. The van der Waals surface area contributed by atoms with Crippen molar-refractivity contribution in [3.8, 4) is 11.8 Å². The van der Waals surface area contributed by atoms with Crippen LogP contribution >= 0.6 is 0 Å². The molecule has 0 fully saturated rings. The Hall–Kier alpha value is -0.730. The standard InChI is InChI=1S/C8H12F3NO/c1-2-3-4-7(12)5-13-6-8(9,10)11/h7H,4-6,12H2,1H3. The first kappa shape index (κ1) is 12.3. The van der Waals surface area contributed by atoms with Gasteiger partial charge in [-0.1, -0.05) is 0 Å². The fourth-order valence-corrected chi connectivity index (χ4v) is 0.618. The Morgan fingerprint density at radius 2 is 2.08 bits per heavy atom. The average Bonchev–Trinajstić information content (AvgIpc) is 1.98. The molecular formula is C8H12F3NO. The molecule has 5 heteroatoms. The number of alkyl halides is 3. The summed E-state index contributed by atoms with van der Waals surface area (Å²) in [6.07, 6.45) is -3.93. The van der Waals surface area contributed by atoms with E-state index in [0.717, 1.165) is 0 Å². The van der Waals surface area contributed by atoms with Crippen molar-refractivity contribution in [1.29, 1.82) is 0 Å². The lowest BCUT2D eigenvalue weighted by molar-refractivity contribution is -0.174. The van der Waals surface area contributed by atoms with E-state index in [2.05, 4.69) is 16.6 Å². The molecule has 0 rings (SSSR count). The van der Waals surface area contributed by atoms with Gasteiger partial charge in [-0.25, -0.2) is 0 Å². The van der Waals surface area contributed by atoms with E-state index in [-0.39, 0.29) is 6.61 Å². The van der Waals surface area contributed by atoms with Gasteiger partial charge in [-0.2, -0.15) is 13.2 Å². The van der Waals surface area contributed by atoms with E-state index < -0.39 is 18.8 Å². The van der Waals surface area contributed by atoms with Crippen molar-refractivity contribution in [3.63, 3.8) is 0 Å². The molecule has 2 nitrogen and oxygen atoms in total. The topological polar surface area (TPSA) is 35.2 Å². The highest BCUT2D eigenvalue weighted by Gasteiger charge is 2.27. The summed E-state index contributed by atoms with van der Waals surface area (Å²) in [5.74, 6) is 5.26. The minimum absolute atomic E-state index is 0.117. The molecule has 0 spiro atoms. The monoisotopic (exact) mass is 195 g/mol. The second-order valence-corrected chi connectivity index (χ2v) is 2.52. The highest BCUT2D eigenvalue weighted by Crippen LogP contribution is 2.14. The van der Waals surface area contributed by atoms with E-state index in [4.69, 9.17) is 5.73 Å². The third-order valence-corrected chi connectivity index (χ3v) is 1.14. The first-order chi connectivity index (χ1) is 5.95. The number of nitrogens with two attached hydrogens (primary N) is 1. The molecule has 1 unspecified atom stereocenters. The van der Waals surface area contributed by atoms with Gasteiger partial charge in [-0.3, -0.25) is 0 Å². The average molecular weight is 195 g/mol. The number of hydrogen-bond acceptors (Lipinski definition) is 2. The molecular weight excluding hydrogens is 183 g/mol. The molecule has 0 bridgehead atoms. The summed E-state index contributed by atoms with van der Waals surface area (Å²) in [7, 11) is 0. The lowest BCUT2D eigenvalue weighted by atomic mass is 10.2. The minimum atomic E-state index is -4.28. The summed E-state index contributed by atoms with van der Waals surface area (Å²) in [4.78, 5) is 0. The van der Waals surface area contributed by atoms with Gasteiger partial charge in [0.1, 0.15) is 6.61 Å². The Morgan fingerprint density at radius 3 is 2.54 bits per heavy atom. The van der Waals surface area contributed by atoms with Gasteiger partial charge in [0.15, 0.2) is 0 Å². The molecule has 0 heterocycles. The van der Waals surface area contributed by atoms with Crippen LogP contribution in [0.5, 0.6) is 0 Å². The quantitative estimate of drug-likeness (QED) is 0.686. The van der Waals surface area contributed by atoms with Gasteiger partial charge in [-0.05, 0) is 6.92 Å². The Kier molecular flexibility index (Phi) is 5.51. The molecule has 0 aromatic heterocycles. The van der Waals surface area contributed by atoms with Gasteiger partial charge in [0.2, 0.25) is 0 Å². The van der Waals surface area contributed by atoms with Gasteiger partial charge >= 0.3 is 6.18 Å². The summed E-state index contributed by atoms with van der Waals surface area (Å²) in [6.45, 7) is 0.276. The lowest BCUT2D eigenvalue weighted by Gasteiger charge is -2.10. The van der Waals surface area contributed by atoms with Crippen molar-refractivity contribution in [2.75, 3.05) is 13.2 Å². The van der Waals surface area contributed by atoms with Crippen molar-refractivity contribution in [3.05, 3.63) is 0 Å². The predicted octanol–water partition coefficient (Wildman–Crippen LogP) is 1.31. The second-order valence-electron chi connectivity index (χ2n) is 2.52. The van der Waals surface area contributed by atoms with Crippen molar-refractivity contribution in [2.45, 2.75) is 25.6 Å². The van der Waals surface area contributed by atoms with Crippen molar-refractivity contribution in [1.82, 2.24) is 0 Å². The Morgan fingerprint density at radius 1 is 1.46 bits per heavy atom. The zero-order valence-electron chi connectivity index (χ0n) is 7.32. The van der Waals surface area contributed by atoms with Crippen LogP contribution in [-0.2, 0) is 4.74 Å². The molecule has 0 saturated heterocycles. The van der Waals surface area contributed by atoms with Crippen molar-refractivity contribution < 1.29 is 17.9 Å². The SMILES string of the molecule is CC#CCC(N)COCC(F)(F)F. The van der Waals surface area contributed by atoms with Crippen LogP contribution in [0.2, 0.25) is 0 Å². The van der Waals surface area contributed by atoms with E-state index in [1.54, 1.807) is 6.92 Å². The molecule has 2 N–H and O–H groups in total. The fraction of sp³-hybridized carbons (Fsp3) is 0.750. The number of rotatable bonds is 4. The van der Waals surface area contributed by atoms with E-state index in [0.29, 0.717) is 6.42 Å². The minimum Gasteiger partial charge on any atom is -0.370 e. The number of hydrogen-bond donors (Lipinski definition) is 1. The van der Waals surface area contributed by atoms with E-state index in [1.165, 1.54) is 0 Å². The van der Waals surface area contributed by atoms with Gasteiger partial charge in [0.25, 0.3) is 0 Å². The van der Waals surface area contributed by atoms with Crippen LogP contribution in [0.15, 0.2) is 0 Å². The van der Waals surface area contributed by atoms with Crippen LogP contribution in [0.4, 0.5) is 13.2 Å². The largest absolute Gasteiger partial charge is 0.411 e. The summed E-state index contributed by atoms with van der Waals surface area (Å²) < 4.78 is 39.0. The molecule has 0 aliphatic heterocycles. The third-order valence-electron chi connectivity index (χ3n) is 1.14. The van der Waals surface area contributed by atoms with Crippen molar-refractivity contribution >= 4 is 0 Å². The maximum atomic E-state index is 11.6. The zero-order chi connectivity index (χ0) is 10.3. The van der Waals surface area contributed by atoms with Gasteiger partial charge in [0.05, 0.1) is 6.61 Å². The lowest BCUT2D eigenvalue weighted by Crippen LogP contribution is -2.28. The van der Waals surface area contributed by atoms with E-state index in [1.807, 2.05) is 0 Å². The first-order valence-corrected chi connectivity index (χ1v) is 3.75. The first-order valence-electron chi connectivity index (χ1n) is 3.75. The van der Waals surface area contributed by atoms with Crippen LogP contribution in [-0.4, -0.2) is 25.4 Å². The van der Waals surface area contributed by atoms with Gasteiger partial charge in [0, 0.05) is 12.5 Å². The smallest absolute Gasteiger partial charge is 0.370 e. The fourth-order valence-electron chi connectivity index (χ4n) is 0.618. The highest BCUT2D eigenvalue weighted by atomic mass is 19.4. The maximum Gasteiger partial charge on any atom is 0.411 e. The Labute approximate surface area is 75.2 Å². The van der Waals surface area contributed by atoms with Crippen LogP contribution in [0.25, 0.3) is 0 Å². The summed E-state index contributed by atoms with van der Waals surface area (Å²) >= 11 is 0. The molecule has 76 valence electrons. The second kappa shape index (κ2) is 5.84. The molecule has 13 heavy (non-hydrogen) atoms. The number of halogens is 3. The van der Waals surface area contributed by atoms with Crippen LogP contribution in [0.3, 0.4) is 0 Å². The molecule has 0 aromatic carbocycles. The zero-order valence-corrected chi connectivity index (χ0v) is 7.32. The summed E-state index contributed by atoms with van der Waals surface area (Å²) in [5.41, 5.74) is 5.39. The van der Waals surface area contributed by atoms with Crippen LogP contribution in [0, 0.1) is 11.8 Å². The third kappa shape index (κ3) is 9.18. The summed E-state index contributed by atoms with van der Waals surface area (Å²) in [6, 6.07) is -0.449. The van der Waals surface area contributed by atoms with Gasteiger partial charge in [-0.15, -0.1) is 11.8 Å². The molecule has 1 atom stereocenters. The van der Waals surface area contributed by atoms with Gasteiger partial charge < -0.3 is 10.5 Å². The molecule has 0 radical (unpaired) electrons. The molecule has 0 aliphatic carbocycles. The predicted molar refractivity (Wildman–Crippen MR) is 42.9 cm³/mol. The molecule has 0 aromatic rings. The van der Waals surface area contributed by atoms with Crippen LogP contribution < -0.4 is 5.73 Å². The van der Waals surface area contributed by atoms with Crippen LogP contribution in [0.1, 0.15) is 13.3 Å². The highest BCUT2D eigenvalue weighted by molar-refractivity contribution is 4.97. The normalized spacial score (nSPS) is 13.3.